The van der Waals surface area contributed by atoms with Crippen LogP contribution in [0.3, 0.4) is 0 Å². The molecular weight excluding hydrogens is 392 g/mol. The van der Waals surface area contributed by atoms with E-state index >= 15 is 0 Å². The maximum atomic E-state index is 13.1. The monoisotopic (exact) mass is 418 g/mol. The number of hydrogen-bond acceptors (Lipinski definition) is 6. The highest BCUT2D eigenvalue weighted by Gasteiger charge is 2.35. The number of para-hydroxylation sites is 1. The Bertz CT molecular complexity index is 976. The summed E-state index contributed by atoms with van der Waals surface area (Å²) in [5, 5.41) is 3.16. The lowest BCUT2D eigenvalue weighted by Gasteiger charge is -2.29. The fourth-order valence-corrected chi connectivity index (χ4v) is 5.25. The van der Waals surface area contributed by atoms with Crippen molar-refractivity contribution in [1.29, 1.82) is 0 Å². The molecule has 3 rings (SSSR count). The van der Waals surface area contributed by atoms with Crippen molar-refractivity contribution in [3.63, 3.8) is 0 Å². The lowest BCUT2D eigenvalue weighted by Crippen LogP contribution is -2.44. The highest BCUT2D eigenvalue weighted by Crippen LogP contribution is 2.33. The molecule has 0 aromatic heterocycles. The molecule has 0 spiro atoms. The van der Waals surface area contributed by atoms with Crippen molar-refractivity contribution < 1.29 is 22.7 Å². The molecule has 1 saturated heterocycles. The molecule has 0 bridgehead atoms. The van der Waals surface area contributed by atoms with Crippen LogP contribution in [0.15, 0.2) is 42.5 Å². The number of nitrogens with one attached hydrogen (secondary N) is 1. The molecule has 0 saturated carbocycles. The van der Waals surface area contributed by atoms with Crippen LogP contribution < -0.4 is 19.7 Å². The van der Waals surface area contributed by atoms with Gasteiger partial charge in [-0.3, -0.25) is 4.79 Å². The van der Waals surface area contributed by atoms with Crippen molar-refractivity contribution >= 4 is 27.1 Å². The first-order valence-electron chi connectivity index (χ1n) is 9.38. The van der Waals surface area contributed by atoms with Gasteiger partial charge in [0, 0.05) is 17.4 Å². The quantitative estimate of drug-likeness (QED) is 0.744. The molecule has 1 aliphatic heterocycles. The van der Waals surface area contributed by atoms with Crippen molar-refractivity contribution in [1.82, 2.24) is 0 Å². The number of hydrogen-bond donors (Lipinski definition) is 1. The second-order valence-electron chi connectivity index (χ2n) is 7.03. The molecule has 7 nitrogen and oxygen atoms in total. The molecule has 1 aliphatic rings. The predicted octanol–water partition coefficient (Wildman–Crippen LogP) is 2.64. The first-order chi connectivity index (χ1) is 13.8. The molecule has 1 heterocycles. The summed E-state index contributed by atoms with van der Waals surface area (Å²) in [6.45, 7) is 1.94. The summed E-state index contributed by atoms with van der Waals surface area (Å²) in [6.07, 6.45) is 0.443. The van der Waals surface area contributed by atoms with Crippen LogP contribution in [0.4, 0.5) is 11.4 Å². The number of amides is 1. The number of anilines is 2. The van der Waals surface area contributed by atoms with Gasteiger partial charge in [0.05, 0.1) is 38.3 Å². The fourth-order valence-electron chi connectivity index (χ4n) is 3.55. The first-order valence-corrected chi connectivity index (χ1v) is 11.2. The summed E-state index contributed by atoms with van der Waals surface area (Å²) in [4.78, 5) is 14.7. The number of benzene rings is 2. The molecule has 29 heavy (non-hydrogen) atoms. The van der Waals surface area contributed by atoms with Crippen LogP contribution in [0.5, 0.6) is 11.5 Å². The van der Waals surface area contributed by atoms with Crippen molar-refractivity contribution in [3.05, 3.63) is 48.0 Å². The second kappa shape index (κ2) is 8.73. The smallest absolute Gasteiger partial charge is 0.246 e. The summed E-state index contributed by atoms with van der Waals surface area (Å²) < 4.78 is 34.6. The van der Waals surface area contributed by atoms with Crippen LogP contribution in [0, 0.1) is 6.92 Å². The van der Waals surface area contributed by atoms with Crippen molar-refractivity contribution in [2.24, 2.45) is 0 Å². The largest absolute Gasteiger partial charge is 0.493 e. The zero-order chi connectivity index (χ0) is 21.0. The Labute approximate surface area is 171 Å². The van der Waals surface area contributed by atoms with Crippen LogP contribution >= 0.6 is 0 Å². The Morgan fingerprint density at radius 1 is 1.14 bits per heavy atom. The molecule has 2 aromatic carbocycles. The van der Waals surface area contributed by atoms with Crippen LogP contribution in [0.1, 0.15) is 12.0 Å². The van der Waals surface area contributed by atoms with E-state index in [0.29, 0.717) is 23.6 Å². The molecule has 1 amide bonds. The van der Waals surface area contributed by atoms with Gasteiger partial charge in [0.25, 0.3) is 0 Å². The van der Waals surface area contributed by atoms with Gasteiger partial charge in [-0.05, 0) is 37.1 Å². The molecule has 1 unspecified atom stereocenters. The zero-order valence-electron chi connectivity index (χ0n) is 16.8. The molecule has 0 aliphatic carbocycles. The minimum absolute atomic E-state index is 0.0109. The van der Waals surface area contributed by atoms with E-state index in [1.165, 1.54) is 0 Å². The fraction of sp³-hybridized carbons (Fsp3) is 0.381. The van der Waals surface area contributed by atoms with Crippen LogP contribution in [-0.2, 0) is 14.6 Å². The molecule has 2 aromatic rings. The average molecular weight is 419 g/mol. The average Bonchev–Trinajstić information content (AvgIpc) is 3.06. The van der Waals surface area contributed by atoms with Crippen molar-refractivity contribution in [3.8, 4) is 11.5 Å². The maximum Gasteiger partial charge on any atom is 0.246 e. The highest BCUT2D eigenvalue weighted by molar-refractivity contribution is 7.91. The second-order valence-corrected chi connectivity index (χ2v) is 9.26. The normalized spacial score (nSPS) is 17.6. The summed E-state index contributed by atoms with van der Waals surface area (Å²) in [5.74, 6) is 1.09. The van der Waals surface area contributed by atoms with E-state index in [9.17, 15) is 13.2 Å². The van der Waals surface area contributed by atoms with Crippen LogP contribution in [0.2, 0.25) is 0 Å². The number of sulfone groups is 1. The summed E-state index contributed by atoms with van der Waals surface area (Å²) in [6, 6.07) is 12.5. The Kier molecular flexibility index (Phi) is 6.32. The number of rotatable bonds is 7. The van der Waals surface area contributed by atoms with Crippen molar-refractivity contribution in [2.45, 2.75) is 19.4 Å². The van der Waals surface area contributed by atoms with Crippen LogP contribution in [-0.4, -0.2) is 52.6 Å². The lowest BCUT2D eigenvalue weighted by atomic mass is 10.1. The van der Waals surface area contributed by atoms with E-state index in [1.807, 2.05) is 43.3 Å². The number of carbonyl (C=O) groups is 1. The standard InChI is InChI=1S/C21H26N2O5S/c1-15-11-19(27-2)20(28-3)12-18(15)22-13-21(24)23(16-7-5-4-6-8-16)17-9-10-29(25,26)14-17/h4-8,11-12,17,22H,9-10,13-14H2,1-3H3. The Morgan fingerprint density at radius 3 is 2.38 bits per heavy atom. The molecule has 1 N–H and O–H groups in total. The van der Waals surface area contributed by atoms with Gasteiger partial charge < -0.3 is 19.7 Å². The molecular formula is C21H26N2O5S. The number of carbonyl (C=O) groups excluding carboxylic acids is 1. The Morgan fingerprint density at radius 2 is 1.79 bits per heavy atom. The third kappa shape index (κ3) is 4.82. The van der Waals surface area contributed by atoms with Crippen LogP contribution in [0.25, 0.3) is 0 Å². The lowest BCUT2D eigenvalue weighted by molar-refractivity contribution is -0.117. The first kappa shape index (κ1) is 21.0. The maximum absolute atomic E-state index is 13.1. The minimum Gasteiger partial charge on any atom is -0.493 e. The van der Waals surface area contributed by atoms with Gasteiger partial charge in [-0.15, -0.1) is 0 Å². The molecule has 1 atom stereocenters. The minimum atomic E-state index is -3.12. The van der Waals surface area contributed by atoms with Gasteiger partial charge in [-0.1, -0.05) is 18.2 Å². The third-order valence-electron chi connectivity index (χ3n) is 5.04. The highest BCUT2D eigenvalue weighted by atomic mass is 32.2. The van der Waals surface area contributed by atoms with E-state index in [2.05, 4.69) is 5.32 Å². The molecule has 156 valence electrons. The number of ether oxygens (including phenoxy) is 2. The van der Waals surface area contributed by atoms with Gasteiger partial charge in [0.15, 0.2) is 21.3 Å². The number of methoxy groups -OCH3 is 2. The third-order valence-corrected chi connectivity index (χ3v) is 6.79. The SMILES string of the molecule is COc1cc(C)c(NCC(=O)N(c2ccccc2)C2CCS(=O)(=O)C2)cc1OC. The molecule has 8 heteroatoms. The van der Waals surface area contributed by atoms with E-state index in [0.717, 1.165) is 11.3 Å². The summed E-state index contributed by atoms with van der Waals surface area (Å²) >= 11 is 0. The molecule has 1 fully saturated rings. The van der Waals surface area contributed by atoms with Gasteiger partial charge in [0.2, 0.25) is 5.91 Å². The Hall–Kier alpha value is -2.74. The number of aryl methyl sites for hydroxylation is 1. The van der Waals surface area contributed by atoms with Gasteiger partial charge in [-0.25, -0.2) is 8.42 Å². The van der Waals surface area contributed by atoms with Crippen molar-refractivity contribution in [2.75, 3.05) is 42.5 Å². The summed E-state index contributed by atoms with van der Waals surface area (Å²) in [5.41, 5.74) is 2.36. The molecule has 0 radical (unpaired) electrons. The van der Waals surface area contributed by atoms with E-state index in [-0.39, 0.29) is 30.0 Å². The summed E-state index contributed by atoms with van der Waals surface area (Å²) in [7, 11) is 0.00884. The Balaban J connectivity index is 1.81. The van der Waals surface area contributed by atoms with Gasteiger partial charge in [-0.2, -0.15) is 0 Å². The predicted molar refractivity (Wildman–Crippen MR) is 114 cm³/mol. The van der Waals surface area contributed by atoms with E-state index < -0.39 is 9.84 Å². The van der Waals surface area contributed by atoms with E-state index in [4.69, 9.17) is 9.47 Å². The van der Waals surface area contributed by atoms with Gasteiger partial charge in [0.1, 0.15) is 0 Å². The topological polar surface area (TPSA) is 84.9 Å². The zero-order valence-corrected chi connectivity index (χ0v) is 17.7. The van der Waals surface area contributed by atoms with E-state index in [1.54, 1.807) is 25.2 Å². The number of nitrogens with zero attached hydrogens (tertiary/aromatic N) is 1. The van der Waals surface area contributed by atoms with Gasteiger partial charge >= 0.3 is 0 Å².